The lowest BCUT2D eigenvalue weighted by Gasteiger charge is -2.25. The molecule has 38 heavy (non-hydrogen) atoms. The van der Waals surface area contributed by atoms with Crippen molar-refractivity contribution in [2.75, 3.05) is 26.9 Å². The number of fused-ring (bicyclic) bond motifs is 1. The molecule has 0 saturated heterocycles. The Morgan fingerprint density at radius 1 is 1.11 bits per heavy atom. The number of rotatable bonds is 9. The lowest BCUT2D eigenvalue weighted by atomic mass is 9.95. The summed E-state index contributed by atoms with van der Waals surface area (Å²) in [7, 11) is 1.27. The predicted octanol–water partition coefficient (Wildman–Crippen LogP) is 3.57. The molecule has 1 aliphatic heterocycles. The lowest BCUT2D eigenvalue weighted by molar-refractivity contribution is -0.143. The van der Waals surface area contributed by atoms with E-state index in [1.165, 1.54) is 34.4 Å². The summed E-state index contributed by atoms with van der Waals surface area (Å²) in [5.74, 6) is -0.406. The van der Waals surface area contributed by atoms with Crippen molar-refractivity contribution in [3.05, 3.63) is 75.5 Å². The van der Waals surface area contributed by atoms with E-state index in [1.807, 2.05) is 25.1 Å². The Bertz CT molecular complexity index is 1590. The SMILES string of the molecule is CCOC(=O)C1=C(C)N=c2s/c(=C\c3ccc(Br)s3)c(=O)n2[C@@H]1c1ccc(OCC(=O)OC)c(OCC)c1. The van der Waals surface area contributed by atoms with Gasteiger partial charge in [-0.15, -0.1) is 11.3 Å². The number of hydrogen-bond acceptors (Lipinski definition) is 10. The zero-order valence-electron chi connectivity index (χ0n) is 21.1. The van der Waals surface area contributed by atoms with Crippen molar-refractivity contribution < 1.29 is 28.5 Å². The van der Waals surface area contributed by atoms with Crippen LogP contribution in [0.25, 0.3) is 6.08 Å². The molecule has 3 aromatic rings. The number of esters is 2. The summed E-state index contributed by atoms with van der Waals surface area (Å²) in [6.45, 7) is 5.47. The molecule has 12 heteroatoms. The van der Waals surface area contributed by atoms with Crippen LogP contribution in [0.1, 0.15) is 37.3 Å². The zero-order valence-corrected chi connectivity index (χ0v) is 24.3. The largest absolute Gasteiger partial charge is 0.490 e. The topological polar surface area (TPSA) is 105 Å². The van der Waals surface area contributed by atoms with Crippen LogP contribution < -0.4 is 24.4 Å². The predicted molar refractivity (Wildman–Crippen MR) is 148 cm³/mol. The van der Waals surface area contributed by atoms with Crippen LogP contribution in [-0.2, 0) is 19.1 Å². The number of thiazole rings is 1. The van der Waals surface area contributed by atoms with Crippen LogP contribution in [0.4, 0.5) is 0 Å². The average molecular weight is 622 g/mol. The first-order valence-corrected chi connectivity index (χ1v) is 14.1. The smallest absolute Gasteiger partial charge is 0.343 e. The summed E-state index contributed by atoms with van der Waals surface area (Å²) in [6, 6.07) is 8.09. The number of carbonyl (C=O) groups is 2. The number of nitrogens with zero attached hydrogens (tertiary/aromatic N) is 2. The van der Waals surface area contributed by atoms with E-state index in [-0.39, 0.29) is 24.3 Å². The fourth-order valence-corrected chi connectivity index (χ4v) is 6.40. The minimum atomic E-state index is -0.809. The third kappa shape index (κ3) is 5.77. The van der Waals surface area contributed by atoms with Gasteiger partial charge in [-0.2, -0.15) is 0 Å². The second-order valence-electron chi connectivity index (χ2n) is 7.95. The van der Waals surface area contributed by atoms with Gasteiger partial charge in [0, 0.05) is 4.88 Å². The maximum atomic E-state index is 13.7. The van der Waals surface area contributed by atoms with Crippen molar-refractivity contribution in [2.24, 2.45) is 4.99 Å². The zero-order chi connectivity index (χ0) is 27.4. The van der Waals surface area contributed by atoms with Gasteiger partial charge in [-0.1, -0.05) is 17.4 Å². The Balaban J connectivity index is 1.89. The molecule has 1 aromatic carbocycles. The molecule has 0 amide bonds. The molecule has 1 aliphatic rings. The molecule has 2 aromatic heterocycles. The monoisotopic (exact) mass is 620 g/mol. The number of hydrogen-bond donors (Lipinski definition) is 0. The summed E-state index contributed by atoms with van der Waals surface area (Å²) in [5, 5.41) is 0. The van der Waals surface area contributed by atoms with Gasteiger partial charge in [-0.3, -0.25) is 9.36 Å². The van der Waals surface area contributed by atoms with E-state index in [0.717, 1.165) is 8.66 Å². The molecule has 0 saturated carbocycles. The van der Waals surface area contributed by atoms with Gasteiger partial charge in [0.25, 0.3) is 5.56 Å². The molecule has 3 heterocycles. The number of methoxy groups -OCH3 is 1. The Morgan fingerprint density at radius 2 is 1.89 bits per heavy atom. The molecule has 0 fully saturated rings. The second-order valence-corrected chi connectivity index (χ2v) is 11.5. The Morgan fingerprint density at radius 3 is 2.55 bits per heavy atom. The molecule has 1 atom stereocenters. The molecule has 0 N–H and O–H groups in total. The summed E-state index contributed by atoms with van der Waals surface area (Å²) >= 11 is 6.21. The number of ether oxygens (including phenoxy) is 4. The minimum Gasteiger partial charge on any atom is -0.490 e. The first-order valence-electron chi connectivity index (χ1n) is 11.7. The number of benzene rings is 1. The maximum absolute atomic E-state index is 13.7. The summed E-state index contributed by atoms with van der Waals surface area (Å²) in [6.07, 6.45) is 1.81. The average Bonchev–Trinajstić information content (AvgIpc) is 3.44. The van der Waals surface area contributed by atoms with Crippen molar-refractivity contribution in [1.29, 1.82) is 0 Å². The van der Waals surface area contributed by atoms with Crippen LogP contribution in [-0.4, -0.2) is 43.4 Å². The maximum Gasteiger partial charge on any atom is 0.343 e. The van der Waals surface area contributed by atoms with Crippen molar-refractivity contribution in [2.45, 2.75) is 26.8 Å². The second kappa shape index (κ2) is 12.1. The molecule has 0 aliphatic carbocycles. The van der Waals surface area contributed by atoms with Gasteiger partial charge in [-0.05, 0) is 72.6 Å². The number of halogens is 1. The van der Waals surface area contributed by atoms with Crippen molar-refractivity contribution in [3.63, 3.8) is 0 Å². The number of aromatic nitrogens is 1. The molecule has 0 radical (unpaired) electrons. The normalized spacial score (nSPS) is 15.1. The quantitative estimate of drug-likeness (QED) is 0.337. The first-order chi connectivity index (χ1) is 18.3. The fraction of sp³-hybridized carbons (Fsp3) is 0.308. The van der Waals surface area contributed by atoms with Gasteiger partial charge in [0.1, 0.15) is 0 Å². The Labute approximate surface area is 234 Å². The van der Waals surface area contributed by atoms with Gasteiger partial charge in [0.15, 0.2) is 22.9 Å². The van der Waals surface area contributed by atoms with Crippen LogP contribution >= 0.6 is 38.6 Å². The molecular weight excluding hydrogens is 596 g/mol. The van der Waals surface area contributed by atoms with Gasteiger partial charge < -0.3 is 18.9 Å². The highest BCUT2D eigenvalue weighted by atomic mass is 79.9. The van der Waals surface area contributed by atoms with Gasteiger partial charge in [-0.25, -0.2) is 14.6 Å². The van der Waals surface area contributed by atoms with Crippen LogP contribution in [0.15, 0.2) is 55.2 Å². The molecule has 0 spiro atoms. The van der Waals surface area contributed by atoms with E-state index in [2.05, 4.69) is 25.7 Å². The molecule has 0 unspecified atom stereocenters. The van der Waals surface area contributed by atoms with Gasteiger partial charge in [0.05, 0.1) is 46.0 Å². The van der Waals surface area contributed by atoms with Crippen molar-refractivity contribution in [1.82, 2.24) is 4.57 Å². The highest BCUT2D eigenvalue weighted by Crippen LogP contribution is 2.36. The first kappa shape index (κ1) is 27.8. The highest BCUT2D eigenvalue weighted by molar-refractivity contribution is 9.11. The van der Waals surface area contributed by atoms with Crippen LogP contribution in [0, 0.1) is 0 Å². The van der Waals surface area contributed by atoms with E-state index in [9.17, 15) is 14.4 Å². The standard InChI is InChI=1S/C26H25BrN2O7S2/c1-5-34-18-11-15(7-9-17(18)36-13-21(30)33-4)23-22(25(32)35-6-2)14(3)28-26-29(23)24(31)19(38-26)12-16-8-10-20(27)37-16/h7-12,23H,5-6,13H2,1-4H3/b19-12-/t23-/m1/s1. The summed E-state index contributed by atoms with van der Waals surface area (Å²) in [4.78, 5) is 44.4. The summed E-state index contributed by atoms with van der Waals surface area (Å²) < 4.78 is 24.3. The molecule has 0 bridgehead atoms. The van der Waals surface area contributed by atoms with Crippen molar-refractivity contribution in [3.8, 4) is 11.5 Å². The summed E-state index contributed by atoms with van der Waals surface area (Å²) in [5.41, 5.74) is 1.05. The lowest BCUT2D eigenvalue weighted by Crippen LogP contribution is -2.39. The van der Waals surface area contributed by atoms with Gasteiger partial charge >= 0.3 is 11.9 Å². The molecule has 9 nitrogen and oxygen atoms in total. The third-order valence-corrected chi connectivity index (χ3v) is 8.09. The molecule has 4 rings (SSSR count). The van der Waals surface area contributed by atoms with E-state index < -0.39 is 18.0 Å². The highest BCUT2D eigenvalue weighted by Gasteiger charge is 2.34. The third-order valence-electron chi connectivity index (χ3n) is 5.54. The van der Waals surface area contributed by atoms with Crippen LogP contribution in [0.5, 0.6) is 11.5 Å². The van der Waals surface area contributed by atoms with Gasteiger partial charge in [0.2, 0.25) is 0 Å². The van der Waals surface area contributed by atoms with E-state index in [1.54, 1.807) is 32.0 Å². The molecular formula is C26H25BrN2O7S2. The molecule has 200 valence electrons. The minimum absolute atomic E-state index is 0.171. The van der Waals surface area contributed by atoms with E-state index in [0.29, 0.717) is 38.7 Å². The van der Waals surface area contributed by atoms with E-state index >= 15 is 0 Å². The number of thiophene rings is 1. The Hall–Kier alpha value is -3.22. The van der Waals surface area contributed by atoms with Crippen LogP contribution in [0.3, 0.4) is 0 Å². The number of carbonyl (C=O) groups excluding carboxylic acids is 2. The van der Waals surface area contributed by atoms with Crippen LogP contribution in [0.2, 0.25) is 0 Å². The van der Waals surface area contributed by atoms with Crippen molar-refractivity contribution >= 4 is 56.6 Å². The number of allylic oxidation sites excluding steroid dienone is 1. The fourth-order valence-electron chi connectivity index (χ4n) is 3.92. The Kier molecular flexibility index (Phi) is 8.85. The van der Waals surface area contributed by atoms with E-state index in [4.69, 9.17) is 14.2 Å².